The zero-order valence-corrected chi connectivity index (χ0v) is 18.5. The monoisotopic (exact) mass is 394 g/mol. The summed E-state index contributed by atoms with van der Waals surface area (Å²) < 4.78 is 0. The standard InChI is InChI=1S/C30H34/c1-5-23(6-2)16-24-13-14-26-17-25(19-29(26)18-24)12-11-21(3)28-15-22(4)30-10-8-7-9-27(30)20-28/h7-10,13-15,17-20,23,29-30H,3-6,11-12,16H2,1-2H3. The quantitative estimate of drug-likeness (QED) is 0.388. The van der Waals surface area contributed by atoms with Crippen LogP contribution >= 0.6 is 0 Å². The summed E-state index contributed by atoms with van der Waals surface area (Å²) >= 11 is 0. The van der Waals surface area contributed by atoms with E-state index in [9.17, 15) is 0 Å². The van der Waals surface area contributed by atoms with E-state index in [-0.39, 0.29) is 0 Å². The second-order valence-electron chi connectivity index (χ2n) is 9.02. The maximum atomic E-state index is 4.40. The molecule has 4 rings (SSSR count). The van der Waals surface area contributed by atoms with Gasteiger partial charge < -0.3 is 0 Å². The normalized spacial score (nSPS) is 24.1. The largest absolute Gasteiger partial charge is 0.0952 e. The second-order valence-corrected chi connectivity index (χ2v) is 9.02. The highest BCUT2D eigenvalue weighted by atomic mass is 14.3. The summed E-state index contributed by atoms with van der Waals surface area (Å²) in [5.74, 6) is 1.62. The molecule has 0 saturated heterocycles. The van der Waals surface area contributed by atoms with Crippen LogP contribution in [0.5, 0.6) is 0 Å². The lowest BCUT2D eigenvalue weighted by atomic mass is 9.80. The van der Waals surface area contributed by atoms with Crippen LogP contribution in [0.3, 0.4) is 0 Å². The first-order valence-corrected chi connectivity index (χ1v) is 11.5. The van der Waals surface area contributed by atoms with E-state index >= 15 is 0 Å². The summed E-state index contributed by atoms with van der Waals surface area (Å²) in [6, 6.07) is 0. The zero-order valence-electron chi connectivity index (χ0n) is 18.5. The molecule has 0 heterocycles. The van der Waals surface area contributed by atoms with Crippen LogP contribution < -0.4 is 0 Å². The Morgan fingerprint density at radius 3 is 2.53 bits per heavy atom. The lowest BCUT2D eigenvalue weighted by Gasteiger charge is -2.24. The van der Waals surface area contributed by atoms with Crippen LogP contribution in [0.15, 0.2) is 119 Å². The summed E-state index contributed by atoms with van der Waals surface area (Å²) in [5.41, 5.74) is 9.34. The Morgan fingerprint density at radius 1 is 0.933 bits per heavy atom. The molecule has 30 heavy (non-hydrogen) atoms. The molecular weight excluding hydrogens is 360 g/mol. The highest BCUT2D eigenvalue weighted by molar-refractivity contribution is 5.56. The van der Waals surface area contributed by atoms with Crippen LogP contribution in [0.25, 0.3) is 0 Å². The van der Waals surface area contributed by atoms with Crippen molar-refractivity contribution in [1.82, 2.24) is 0 Å². The molecule has 0 nitrogen and oxygen atoms in total. The molecule has 0 bridgehead atoms. The van der Waals surface area contributed by atoms with Crippen molar-refractivity contribution in [2.24, 2.45) is 17.8 Å². The van der Waals surface area contributed by atoms with Crippen molar-refractivity contribution in [3.05, 3.63) is 119 Å². The third-order valence-electron chi connectivity index (χ3n) is 6.94. The molecule has 0 aromatic carbocycles. The van der Waals surface area contributed by atoms with E-state index < -0.39 is 0 Å². The molecule has 0 aromatic heterocycles. The van der Waals surface area contributed by atoms with Crippen LogP contribution in [-0.2, 0) is 0 Å². The van der Waals surface area contributed by atoms with Crippen molar-refractivity contribution >= 4 is 0 Å². The fourth-order valence-corrected chi connectivity index (χ4v) is 4.87. The fourth-order valence-electron chi connectivity index (χ4n) is 4.87. The average molecular weight is 395 g/mol. The molecule has 0 amide bonds. The third-order valence-corrected chi connectivity index (χ3v) is 6.94. The molecule has 0 aliphatic heterocycles. The molecule has 0 heteroatoms. The Bertz CT molecular complexity index is 973. The molecule has 2 unspecified atom stereocenters. The maximum absolute atomic E-state index is 4.40. The zero-order chi connectivity index (χ0) is 21.1. The van der Waals surface area contributed by atoms with Gasteiger partial charge in [-0.1, -0.05) is 118 Å². The Labute approximate surface area is 182 Å². The molecular formula is C30H34. The lowest BCUT2D eigenvalue weighted by Crippen LogP contribution is -2.09. The molecule has 4 aliphatic rings. The van der Waals surface area contributed by atoms with Gasteiger partial charge in [-0.05, 0) is 53.0 Å². The topological polar surface area (TPSA) is 0 Å². The van der Waals surface area contributed by atoms with Gasteiger partial charge in [0, 0.05) is 11.8 Å². The van der Waals surface area contributed by atoms with E-state index in [1.165, 1.54) is 52.7 Å². The Kier molecular flexibility index (Phi) is 6.23. The third kappa shape index (κ3) is 4.43. The van der Waals surface area contributed by atoms with E-state index in [2.05, 4.69) is 93.8 Å². The molecule has 0 saturated carbocycles. The summed E-state index contributed by atoms with van der Waals surface area (Å²) in [6.07, 6.45) is 30.9. The molecule has 0 fully saturated rings. The van der Waals surface area contributed by atoms with Gasteiger partial charge in [-0.2, -0.15) is 0 Å². The molecule has 2 atom stereocenters. The SMILES string of the molecule is C=C(CCC1=CC2C=C(CC(CC)CC)C=CC2=C1)C1=CC(=C)C2C=CC=CC2=C1. The minimum atomic E-state index is 0.338. The van der Waals surface area contributed by atoms with Crippen molar-refractivity contribution in [2.45, 2.75) is 46.0 Å². The number of allylic oxidation sites excluding steroid dienone is 18. The maximum Gasteiger partial charge on any atom is 0.0267 e. The van der Waals surface area contributed by atoms with Crippen molar-refractivity contribution in [3.63, 3.8) is 0 Å². The summed E-state index contributed by atoms with van der Waals surface area (Å²) in [4.78, 5) is 0. The highest BCUT2D eigenvalue weighted by Gasteiger charge is 2.21. The predicted octanol–water partition coefficient (Wildman–Crippen LogP) is 8.29. The Hall–Kier alpha value is -2.60. The first kappa shape index (κ1) is 20.7. The van der Waals surface area contributed by atoms with E-state index in [0.29, 0.717) is 11.8 Å². The Balaban J connectivity index is 1.37. The van der Waals surface area contributed by atoms with Gasteiger partial charge in [0.15, 0.2) is 0 Å². The first-order chi connectivity index (χ1) is 14.6. The fraction of sp³-hybridized carbons (Fsp3) is 0.333. The van der Waals surface area contributed by atoms with Crippen LogP contribution in [0.4, 0.5) is 0 Å². The minimum absolute atomic E-state index is 0.338. The van der Waals surface area contributed by atoms with Gasteiger partial charge >= 0.3 is 0 Å². The highest BCUT2D eigenvalue weighted by Crippen LogP contribution is 2.37. The van der Waals surface area contributed by atoms with Crippen LogP contribution in [-0.4, -0.2) is 0 Å². The van der Waals surface area contributed by atoms with Crippen LogP contribution in [0.2, 0.25) is 0 Å². The Morgan fingerprint density at radius 2 is 1.73 bits per heavy atom. The summed E-state index contributed by atoms with van der Waals surface area (Å²) in [6.45, 7) is 13.3. The number of hydrogen-bond donors (Lipinski definition) is 0. The van der Waals surface area contributed by atoms with E-state index in [1.807, 2.05) is 0 Å². The van der Waals surface area contributed by atoms with Crippen molar-refractivity contribution in [1.29, 1.82) is 0 Å². The van der Waals surface area contributed by atoms with Gasteiger partial charge in [0.25, 0.3) is 0 Å². The van der Waals surface area contributed by atoms with Gasteiger partial charge in [-0.25, -0.2) is 0 Å². The van der Waals surface area contributed by atoms with Gasteiger partial charge in [0.1, 0.15) is 0 Å². The van der Waals surface area contributed by atoms with Gasteiger partial charge in [-0.15, -0.1) is 0 Å². The van der Waals surface area contributed by atoms with Gasteiger partial charge in [0.05, 0.1) is 0 Å². The van der Waals surface area contributed by atoms with Crippen molar-refractivity contribution in [2.75, 3.05) is 0 Å². The van der Waals surface area contributed by atoms with Crippen LogP contribution in [0, 0.1) is 17.8 Å². The summed E-state index contributed by atoms with van der Waals surface area (Å²) in [5, 5.41) is 0. The average Bonchev–Trinajstić information content (AvgIpc) is 3.18. The molecule has 0 N–H and O–H groups in total. The summed E-state index contributed by atoms with van der Waals surface area (Å²) in [7, 11) is 0. The van der Waals surface area contributed by atoms with E-state index in [0.717, 1.165) is 24.3 Å². The minimum Gasteiger partial charge on any atom is -0.0952 e. The van der Waals surface area contributed by atoms with Crippen molar-refractivity contribution < 1.29 is 0 Å². The predicted molar refractivity (Wildman–Crippen MR) is 131 cm³/mol. The first-order valence-electron chi connectivity index (χ1n) is 11.5. The number of rotatable bonds is 8. The van der Waals surface area contributed by atoms with Gasteiger partial charge in [-0.3, -0.25) is 0 Å². The van der Waals surface area contributed by atoms with Crippen molar-refractivity contribution in [3.8, 4) is 0 Å². The van der Waals surface area contributed by atoms with E-state index in [1.54, 1.807) is 0 Å². The number of hydrogen-bond acceptors (Lipinski definition) is 0. The molecule has 0 spiro atoms. The molecule has 154 valence electrons. The number of fused-ring (bicyclic) bond motifs is 2. The lowest BCUT2D eigenvalue weighted by molar-refractivity contribution is 0.491. The molecule has 4 aliphatic carbocycles. The molecule has 0 aromatic rings. The van der Waals surface area contributed by atoms with E-state index in [4.69, 9.17) is 0 Å². The van der Waals surface area contributed by atoms with Crippen LogP contribution in [0.1, 0.15) is 46.0 Å². The second kappa shape index (κ2) is 9.04. The van der Waals surface area contributed by atoms with Gasteiger partial charge in [0.2, 0.25) is 0 Å². The molecule has 0 radical (unpaired) electrons. The smallest absolute Gasteiger partial charge is 0.0267 e.